The van der Waals surface area contributed by atoms with E-state index in [9.17, 15) is 4.79 Å². The molecule has 0 aliphatic carbocycles. The number of rotatable bonds is 4. The van der Waals surface area contributed by atoms with Crippen molar-refractivity contribution in [3.8, 4) is 0 Å². The molecule has 4 heteroatoms. The standard InChI is InChI=1S/C10H13BrN2O/c1-7(12-2)10(14)4-8-3-9(11)6-13-5-8/h3,5-7,12H,4H2,1-2H3. The van der Waals surface area contributed by atoms with Crippen molar-refractivity contribution in [2.24, 2.45) is 0 Å². The van der Waals surface area contributed by atoms with Crippen LogP contribution in [0, 0.1) is 0 Å². The van der Waals surface area contributed by atoms with Crippen LogP contribution >= 0.6 is 15.9 Å². The van der Waals surface area contributed by atoms with Gasteiger partial charge in [-0.15, -0.1) is 0 Å². The predicted molar refractivity (Wildman–Crippen MR) is 59.2 cm³/mol. The number of aromatic nitrogens is 1. The van der Waals surface area contributed by atoms with Crippen LogP contribution in [0.3, 0.4) is 0 Å². The highest BCUT2D eigenvalue weighted by Gasteiger charge is 2.10. The first-order valence-electron chi connectivity index (χ1n) is 4.43. The number of carbonyl (C=O) groups is 1. The molecular weight excluding hydrogens is 244 g/mol. The Bertz CT molecular complexity index is 328. The molecule has 0 aliphatic heterocycles. The first-order chi connectivity index (χ1) is 6.63. The second-order valence-electron chi connectivity index (χ2n) is 3.16. The van der Waals surface area contributed by atoms with Crippen LogP contribution in [0.5, 0.6) is 0 Å². The number of hydrogen-bond acceptors (Lipinski definition) is 3. The average molecular weight is 257 g/mol. The van der Waals surface area contributed by atoms with Crippen LogP contribution in [0.4, 0.5) is 0 Å². The van der Waals surface area contributed by atoms with Gasteiger partial charge in [0.05, 0.1) is 6.04 Å². The molecule has 1 aromatic heterocycles. The summed E-state index contributed by atoms with van der Waals surface area (Å²) in [4.78, 5) is 15.6. The number of hydrogen-bond donors (Lipinski definition) is 1. The van der Waals surface area contributed by atoms with Crippen molar-refractivity contribution >= 4 is 21.7 Å². The Balaban J connectivity index is 2.65. The fourth-order valence-corrected chi connectivity index (χ4v) is 1.48. The maximum absolute atomic E-state index is 11.5. The van der Waals surface area contributed by atoms with Gasteiger partial charge in [0.1, 0.15) is 0 Å². The molecule has 0 aliphatic rings. The van der Waals surface area contributed by atoms with Gasteiger partial charge < -0.3 is 5.32 Å². The summed E-state index contributed by atoms with van der Waals surface area (Å²) in [5, 5.41) is 2.92. The Morgan fingerprint density at radius 2 is 2.36 bits per heavy atom. The van der Waals surface area contributed by atoms with Crippen molar-refractivity contribution in [1.82, 2.24) is 10.3 Å². The third-order valence-corrected chi connectivity index (χ3v) is 2.49. The number of ketones is 1. The smallest absolute Gasteiger partial charge is 0.153 e. The highest BCUT2D eigenvalue weighted by atomic mass is 79.9. The van der Waals surface area contributed by atoms with E-state index in [1.165, 1.54) is 0 Å². The fraction of sp³-hybridized carbons (Fsp3) is 0.400. The van der Waals surface area contributed by atoms with Crippen LogP contribution in [0.1, 0.15) is 12.5 Å². The molecular formula is C10H13BrN2O. The van der Waals surface area contributed by atoms with Gasteiger partial charge in [0.15, 0.2) is 5.78 Å². The molecule has 3 nitrogen and oxygen atoms in total. The average Bonchev–Trinajstić information content (AvgIpc) is 2.16. The topological polar surface area (TPSA) is 42.0 Å². The van der Waals surface area contributed by atoms with Crippen molar-refractivity contribution in [1.29, 1.82) is 0 Å². The lowest BCUT2D eigenvalue weighted by Crippen LogP contribution is -2.31. The Morgan fingerprint density at radius 3 is 2.93 bits per heavy atom. The molecule has 0 aromatic carbocycles. The molecule has 76 valence electrons. The van der Waals surface area contributed by atoms with Crippen LogP contribution < -0.4 is 5.32 Å². The summed E-state index contributed by atoms with van der Waals surface area (Å²) in [6.07, 6.45) is 3.84. The Labute approximate surface area is 92.1 Å². The maximum Gasteiger partial charge on any atom is 0.153 e. The van der Waals surface area contributed by atoms with E-state index in [1.807, 2.05) is 13.0 Å². The van der Waals surface area contributed by atoms with E-state index >= 15 is 0 Å². The molecule has 1 aromatic rings. The van der Waals surface area contributed by atoms with E-state index in [0.717, 1.165) is 10.0 Å². The zero-order chi connectivity index (χ0) is 10.6. The normalized spacial score (nSPS) is 12.5. The van der Waals surface area contributed by atoms with Crippen molar-refractivity contribution in [2.45, 2.75) is 19.4 Å². The van der Waals surface area contributed by atoms with E-state index in [4.69, 9.17) is 0 Å². The van der Waals surface area contributed by atoms with E-state index in [1.54, 1.807) is 19.4 Å². The fourth-order valence-electron chi connectivity index (χ4n) is 1.07. The molecule has 0 amide bonds. The highest BCUT2D eigenvalue weighted by Crippen LogP contribution is 2.10. The number of nitrogens with one attached hydrogen (secondary N) is 1. The van der Waals surface area contributed by atoms with E-state index in [0.29, 0.717) is 6.42 Å². The van der Waals surface area contributed by atoms with Gasteiger partial charge in [0.2, 0.25) is 0 Å². The minimum Gasteiger partial charge on any atom is -0.311 e. The van der Waals surface area contributed by atoms with E-state index < -0.39 is 0 Å². The Kier molecular flexibility index (Phi) is 4.22. The first kappa shape index (κ1) is 11.3. The third kappa shape index (κ3) is 3.20. The molecule has 0 saturated carbocycles. The second kappa shape index (κ2) is 5.22. The molecule has 1 unspecified atom stereocenters. The number of halogens is 1. The zero-order valence-corrected chi connectivity index (χ0v) is 9.84. The lowest BCUT2D eigenvalue weighted by Gasteiger charge is -2.08. The van der Waals surface area contributed by atoms with Crippen molar-refractivity contribution in [3.05, 3.63) is 28.5 Å². The lowest BCUT2D eigenvalue weighted by atomic mass is 10.1. The van der Waals surface area contributed by atoms with Crippen LogP contribution in [0.2, 0.25) is 0 Å². The second-order valence-corrected chi connectivity index (χ2v) is 4.08. The molecule has 0 saturated heterocycles. The van der Waals surface area contributed by atoms with Crippen molar-refractivity contribution in [3.63, 3.8) is 0 Å². The molecule has 1 heterocycles. The SMILES string of the molecule is CNC(C)C(=O)Cc1cncc(Br)c1. The van der Waals surface area contributed by atoms with Crippen LogP contribution in [-0.2, 0) is 11.2 Å². The van der Waals surface area contributed by atoms with Gasteiger partial charge in [-0.3, -0.25) is 9.78 Å². The monoisotopic (exact) mass is 256 g/mol. The van der Waals surface area contributed by atoms with Gasteiger partial charge in [0, 0.05) is 23.3 Å². The molecule has 1 rings (SSSR count). The third-order valence-electron chi connectivity index (χ3n) is 2.06. The molecule has 0 fully saturated rings. The van der Waals surface area contributed by atoms with Crippen molar-refractivity contribution < 1.29 is 4.79 Å². The van der Waals surface area contributed by atoms with Gasteiger partial charge in [-0.1, -0.05) is 0 Å². The molecule has 1 atom stereocenters. The Morgan fingerprint density at radius 1 is 1.64 bits per heavy atom. The Hall–Kier alpha value is -0.740. The van der Waals surface area contributed by atoms with Gasteiger partial charge in [-0.2, -0.15) is 0 Å². The van der Waals surface area contributed by atoms with Crippen LogP contribution in [-0.4, -0.2) is 23.9 Å². The van der Waals surface area contributed by atoms with Gasteiger partial charge in [0.25, 0.3) is 0 Å². The summed E-state index contributed by atoms with van der Waals surface area (Å²) in [6, 6.07) is 1.81. The number of nitrogens with zero attached hydrogens (tertiary/aromatic N) is 1. The molecule has 0 bridgehead atoms. The molecule has 1 N–H and O–H groups in total. The largest absolute Gasteiger partial charge is 0.311 e. The summed E-state index contributed by atoms with van der Waals surface area (Å²) >= 11 is 3.32. The van der Waals surface area contributed by atoms with E-state index in [2.05, 4.69) is 26.2 Å². The molecule has 0 radical (unpaired) electrons. The number of pyridine rings is 1. The lowest BCUT2D eigenvalue weighted by molar-refractivity contribution is -0.119. The van der Waals surface area contributed by atoms with Gasteiger partial charge >= 0.3 is 0 Å². The number of carbonyl (C=O) groups excluding carboxylic acids is 1. The van der Waals surface area contributed by atoms with Gasteiger partial charge in [-0.05, 0) is 41.5 Å². The summed E-state index contributed by atoms with van der Waals surface area (Å²) in [6.45, 7) is 1.85. The van der Waals surface area contributed by atoms with Crippen molar-refractivity contribution in [2.75, 3.05) is 7.05 Å². The molecule has 14 heavy (non-hydrogen) atoms. The summed E-state index contributed by atoms with van der Waals surface area (Å²) < 4.78 is 0.903. The summed E-state index contributed by atoms with van der Waals surface area (Å²) in [7, 11) is 1.78. The first-order valence-corrected chi connectivity index (χ1v) is 5.22. The van der Waals surface area contributed by atoms with Gasteiger partial charge in [-0.25, -0.2) is 0 Å². The molecule has 0 spiro atoms. The summed E-state index contributed by atoms with van der Waals surface area (Å²) in [5.74, 6) is 0.174. The maximum atomic E-state index is 11.5. The van der Waals surface area contributed by atoms with Crippen LogP contribution in [0.15, 0.2) is 22.9 Å². The number of likely N-dealkylation sites (N-methyl/N-ethyl adjacent to an activating group) is 1. The quantitative estimate of drug-likeness (QED) is 0.890. The minimum absolute atomic E-state index is 0.103. The van der Waals surface area contributed by atoms with Crippen LogP contribution in [0.25, 0.3) is 0 Å². The number of Topliss-reactive ketones (excluding diaryl/α,β-unsaturated/α-hetero) is 1. The predicted octanol–water partition coefficient (Wildman–Crippen LogP) is 1.56. The minimum atomic E-state index is -0.103. The zero-order valence-electron chi connectivity index (χ0n) is 8.25. The highest BCUT2D eigenvalue weighted by molar-refractivity contribution is 9.10. The van der Waals surface area contributed by atoms with E-state index in [-0.39, 0.29) is 11.8 Å². The summed E-state index contributed by atoms with van der Waals surface area (Å²) in [5.41, 5.74) is 0.937.